The van der Waals surface area contributed by atoms with E-state index in [0.29, 0.717) is 11.5 Å². The summed E-state index contributed by atoms with van der Waals surface area (Å²) in [5.74, 6) is 1.32. The lowest BCUT2D eigenvalue weighted by molar-refractivity contribution is 0.0647. The molecule has 100 valence electrons. The molecule has 2 aromatic carbocycles. The van der Waals surface area contributed by atoms with Gasteiger partial charge >= 0.3 is 3.61 Å². The molecule has 0 unspecified atom stereocenters. The van der Waals surface area contributed by atoms with Gasteiger partial charge < -0.3 is 9.47 Å². The van der Waals surface area contributed by atoms with E-state index in [1.165, 1.54) is 0 Å². The molecule has 0 spiro atoms. The highest BCUT2D eigenvalue weighted by molar-refractivity contribution is 9.25. The summed E-state index contributed by atoms with van der Waals surface area (Å²) in [6.07, 6.45) is 0. The Bertz CT molecular complexity index is 558. The van der Waals surface area contributed by atoms with Crippen LogP contribution in [0.4, 0.5) is 0 Å². The summed E-state index contributed by atoms with van der Waals surface area (Å²) in [5.41, 5.74) is 0. The van der Waals surface area contributed by atoms with Crippen LogP contribution in [0.15, 0.2) is 57.5 Å². The van der Waals surface area contributed by atoms with Crippen LogP contribution in [0.1, 0.15) is 0 Å². The Labute approximate surface area is 145 Å². The monoisotopic (exact) mass is 512 g/mol. The number of ether oxygens (including phenoxy) is 2. The molecule has 2 nitrogen and oxygen atoms in total. The van der Waals surface area contributed by atoms with Crippen LogP contribution in [0, 0.1) is 0 Å². The average molecular weight is 516 g/mol. The van der Waals surface area contributed by atoms with Crippen molar-refractivity contribution in [3.8, 4) is 11.5 Å². The van der Waals surface area contributed by atoms with Gasteiger partial charge in [0, 0.05) is 36.3 Å². The molecule has 2 rings (SSSR count). The summed E-state index contributed by atoms with van der Waals surface area (Å²) in [6.45, 7) is 0. The molecule has 2 aromatic rings. The Balaban J connectivity index is 2.15. The topological polar surface area (TPSA) is 18.5 Å². The second-order valence-electron chi connectivity index (χ2n) is 3.53. The fourth-order valence-corrected chi connectivity index (χ4v) is 2.75. The second-order valence-corrected chi connectivity index (χ2v) is 8.33. The third kappa shape index (κ3) is 4.48. The summed E-state index contributed by atoms with van der Waals surface area (Å²) >= 11 is 13.6. The zero-order valence-electron chi connectivity index (χ0n) is 9.45. The minimum Gasteiger partial charge on any atom is -0.435 e. The van der Waals surface area contributed by atoms with Gasteiger partial charge in [0.15, 0.2) is 0 Å². The highest BCUT2D eigenvalue weighted by Crippen LogP contribution is 2.38. The zero-order chi connectivity index (χ0) is 13.9. The molecule has 19 heavy (non-hydrogen) atoms. The van der Waals surface area contributed by atoms with Crippen molar-refractivity contribution >= 4 is 63.7 Å². The molecule has 0 bridgehead atoms. The SMILES string of the molecule is Brc1cccc(OC(Br)(Br)Oc2ccccc2)c1Br. The van der Waals surface area contributed by atoms with E-state index in [4.69, 9.17) is 9.47 Å². The highest BCUT2D eigenvalue weighted by Gasteiger charge is 2.28. The number of para-hydroxylation sites is 1. The first-order chi connectivity index (χ1) is 8.98. The third-order valence-corrected chi connectivity index (χ3v) is 4.78. The van der Waals surface area contributed by atoms with Crippen LogP contribution in [0.25, 0.3) is 0 Å². The van der Waals surface area contributed by atoms with Gasteiger partial charge in [-0.2, -0.15) is 0 Å². The van der Waals surface area contributed by atoms with Crippen molar-refractivity contribution < 1.29 is 9.47 Å². The molecule has 0 aliphatic heterocycles. The minimum atomic E-state index is -1.13. The number of halogens is 4. The van der Waals surface area contributed by atoms with Crippen LogP contribution in [0.5, 0.6) is 11.5 Å². The van der Waals surface area contributed by atoms with E-state index in [2.05, 4.69) is 63.7 Å². The lowest BCUT2D eigenvalue weighted by Gasteiger charge is -2.24. The Hall–Kier alpha value is -0.0400. The summed E-state index contributed by atoms with van der Waals surface area (Å²) in [7, 11) is 0. The van der Waals surface area contributed by atoms with Gasteiger partial charge in [-0.25, -0.2) is 0 Å². The molecule has 6 heteroatoms. The third-order valence-electron chi connectivity index (χ3n) is 2.12. The summed E-state index contributed by atoms with van der Waals surface area (Å²) in [5, 5.41) is 0. The van der Waals surface area contributed by atoms with Gasteiger partial charge in [0.1, 0.15) is 11.5 Å². The summed E-state index contributed by atoms with van der Waals surface area (Å²) in [6, 6.07) is 15.0. The smallest absolute Gasteiger partial charge is 0.368 e. The minimum absolute atomic E-state index is 0.638. The molecule has 0 aliphatic rings. The molecule has 0 N–H and O–H groups in total. The first-order valence-electron chi connectivity index (χ1n) is 5.23. The highest BCUT2D eigenvalue weighted by atomic mass is 79.9. The van der Waals surface area contributed by atoms with Crippen LogP contribution in [0.3, 0.4) is 0 Å². The lowest BCUT2D eigenvalue weighted by Crippen LogP contribution is -2.28. The van der Waals surface area contributed by atoms with Gasteiger partial charge in [-0.05, 0) is 56.1 Å². The zero-order valence-corrected chi connectivity index (χ0v) is 15.8. The molecule has 0 saturated heterocycles. The van der Waals surface area contributed by atoms with Crippen molar-refractivity contribution in [2.24, 2.45) is 0 Å². The molecule has 0 fully saturated rings. The van der Waals surface area contributed by atoms with Crippen LogP contribution < -0.4 is 9.47 Å². The van der Waals surface area contributed by atoms with Crippen molar-refractivity contribution in [2.75, 3.05) is 0 Å². The molecular weight excluding hydrogens is 508 g/mol. The van der Waals surface area contributed by atoms with E-state index in [1.807, 2.05) is 48.5 Å². The first kappa shape index (κ1) is 15.4. The van der Waals surface area contributed by atoms with E-state index < -0.39 is 3.61 Å². The Morgan fingerprint density at radius 2 is 1.47 bits per heavy atom. The van der Waals surface area contributed by atoms with Gasteiger partial charge in [-0.1, -0.05) is 24.3 Å². The fourth-order valence-electron chi connectivity index (χ4n) is 1.34. The van der Waals surface area contributed by atoms with Crippen LogP contribution in [0.2, 0.25) is 0 Å². The van der Waals surface area contributed by atoms with Crippen LogP contribution >= 0.6 is 63.7 Å². The number of rotatable bonds is 4. The standard InChI is InChI=1S/C13H8Br4O2/c14-10-7-4-8-11(12(10)15)19-13(16,17)18-9-5-2-1-3-6-9/h1-8H. The van der Waals surface area contributed by atoms with Crippen molar-refractivity contribution in [2.45, 2.75) is 3.61 Å². The van der Waals surface area contributed by atoms with Gasteiger partial charge in [0.05, 0.1) is 4.47 Å². The number of hydrogen-bond donors (Lipinski definition) is 0. The largest absolute Gasteiger partial charge is 0.435 e. The fraction of sp³-hybridized carbons (Fsp3) is 0.0769. The van der Waals surface area contributed by atoms with Gasteiger partial charge in [-0.3, -0.25) is 0 Å². The maximum atomic E-state index is 5.75. The molecule has 0 aliphatic carbocycles. The number of hydrogen-bond acceptors (Lipinski definition) is 2. The molecular formula is C13H8Br4O2. The summed E-state index contributed by atoms with van der Waals surface area (Å²) in [4.78, 5) is 0. The molecule has 0 atom stereocenters. The normalized spacial score (nSPS) is 11.2. The van der Waals surface area contributed by atoms with Gasteiger partial charge in [0.25, 0.3) is 0 Å². The Kier molecular flexibility index (Phi) is 5.34. The number of alkyl halides is 2. The van der Waals surface area contributed by atoms with E-state index in [-0.39, 0.29) is 0 Å². The average Bonchev–Trinajstić information content (AvgIpc) is 2.35. The maximum absolute atomic E-state index is 5.75. The molecule has 0 amide bonds. The van der Waals surface area contributed by atoms with Crippen molar-refractivity contribution in [1.29, 1.82) is 0 Å². The van der Waals surface area contributed by atoms with E-state index in [0.717, 1.165) is 8.95 Å². The number of benzene rings is 2. The van der Waals surface area contributed by atoms with Crippen LogP contribution in [-0.2, 0) is 0 Å². The Morgan fingerprint density at radius 1 is 0.789 bits per heavy atom. The quantitative estimate of drug-likeness (QED) is 0.363. The maximum Gasteiger partial charge on any atom is 0.368 e. The predicted octanol–water partition coefficient (Wildman–Crippen LogP) is 6.07. The van der Waals surface area contributed by atoms with Crippen molar-refractivity contribution in [3.05, 3.63) is 57.5 Å². The molecule has 0 saturated carbocycles. The Morgan fingerprint density at radius 3 is 2.16 bits per heavy atom. The summed E-state index contributed by atoms with van der Waals surface area (Å²) < 4.78 is 12.0. The second kappa shape index (κ2) is 6.61. The lowest BCUT2D eigenvalue weighted by atomic mass is 10.3. The first-order valence-corrected chi connectivity index (χ1v) is 8.40. The van der Waals surface area contributed by atoms with Crippen molar-refractivity contribution in [3.63, 3.8) is 0 Å². The van der Waals surface area contributed by atoms with Gasteiger partial charge in [0.2, 0.25) is 0 Å². The molecule has 0 heterocycles. The molecule has 0 aromatic heterocycles. The van der Waals surface area contributed by atoms with Crippen LogP contribution in [-0.4, -0.2) is 3.61 Å². The predicted molar refractivity (Wildman–Crippen MR) is 90.1 cm³/mol. The molecule has 0 radical (unpaired) electrons. The van der Waals surface area contributed by atoms with E-state index in [9.17, 15) is 0 Å². The van der Waals surface area contributed by atoms with Crippen molar-refractivity contribution in [1.82, 2.24) is 0 Å². The van der Waals surface area contributed by atoms with E-state index >= 15 is 0 Å². The van der Waals surface area contributed by atoms with Gasteiger partial charge in [-0.15, -0.1) is 0 Å². The van der Waals surface area contributed by atoms with E-state index in [1.54, 1.807) is 0 Å².